The van der Waals surface area contributed by atoms with Crippen LogP contribution in [0, 0.1) is 13.8 Å². The first-order valence-corrected chi connectivity index (χ1v) is 11.0. The van der Waals surface area contributed by atoms with Crippen molar-refractivity contribution in [3.63, 3.8) is 0 Å². The van der Waals surface area contributed by atoms with E-state index in [0.717, 1.165) is 28.7 Å². The third-order valence-electron chi connectivity index (χ3n) is 4.72. The molecule has 1 aliphatic heterocycles. The molecule has 1 amide bonds. The van der Waals surface area contributed by atoms with Crippen molar-refractivity contribution in [1.82, 2.24) is 5.32 Å². The van der Waals surface area contributed by atoms with E-state index in [9.17, 15) is 13.2 Å². The number of carbonyl (C=O) groups is 1. The zero-order valence-corrected chi connectivity index (χ0v) is 17.6. The molecule has 3 rings (SSSR count). The molecule has 0 aromatic heterocycles. The van der Waals surface area contributed by atoms with E-state index in [4.69, 9.17) is 4.74 Å². The smallest absolute Gasteiger partial charge is 0.251 e. The van der Waals surface area contributed by atoms with Gasteiger partial charge >= 0.3 is 0 Å². The number of nitrogens with one attached hydrogen (secondary N) is 2. The lowest BCUT2D eigenvalue weighted by Crippen LogP contribution is -2.41. The van der Waals surface area contributed by atoms with Crippen molar-refractivity contribution < 1.29 is 17.9 Å². The monoisotopic (exact) mass is 402 g/mol. The van der Waals surface area contributed by atoms with Crippen molar-refractivity contribution in [1.29, 1.82) is 0 Å². The Kier molecular flexibility index (Phi) is 5.14. The Bertz CT molecular complexity index is 1030. The quantitative estimate of drug-likeness (QED) is 0.817. The molecule has 0 bridgehead atoms. The highest BCUT2D eigenvalue weighted by Gasteiger charge is 2.34. The van der Waals surface area contributed by atoms with Crippen molar-refractivity contribution in [3.05, 3.63) is 58.7 Å². The Morgan fingerprint density at radius 3 is 2.54 bits per heavy atom. The molecular weight excluding hydrogens is 376 g/mol. The predicted molar refractivity (Wildman–Crippen MR) is 110 cm³/mol. The summed E-state index contributed by atoms with van der Waals surface area (Å²) < 4.78 is 31.6. The average Bonchev–Trinajstić information content (AvgIpc) is 2.55. The van der Waals surface area contributed by atoms with Crippen LogP contribution in [0.15, 0.2) is 36.4 Å². The van der Waals surface area contributed by atoms with Gasteiger partial charge in [0.25, 0.3) is 5.91 Å². The van der Waals surface area contributed by atoms with Crippen molar-refractivity contribution in [2.24, 2.45) is 0 Å². The molecule has 2 aromatic carbocycles. The second-order valence-corrected chi connectivity index (χ2v) is 9.79. The number of sulfonamides is 1. The number of ether oxygens (including phenoxy) is 1. The summed E-state index contributed by atoms with van der Waals surface area (Å²) in [4.78, 5) is 12.9. The van der Waals surface area contributed by atoms with Crippen molar-refractivity contribution in [3.8, 4) is 5.75 Å². The summed E-state index contributed by atoms with van der Waals surface area (Å²) in [5.74, 6) is 0.516. The summed E-state index contributed by atoms with van der Waals surface area (Å²) in [6.45, 7) is 7.78. The fourth-order valence-corrected chi connectivity index (χ4v) is 4.04. The highest BCUT2D eigenvalue weighted by atomic mass is 32.2. The molecule has 1 unspecified atom stereocenters. The van der Waals surface area contributed by atoms with Crippen LogP contribution in [-0.2, 0) is 10.0 Å². The van der Waals surface area contributed by atoms with Crippen LogP contribution in [-0.4, -0.2) is 26.2 Å². The first-order valence-electron chi connectivity index (χ1n) is 9.12. The van der Waals surface area contributed by atoms with E-state index < -0.39 is 15.6 Å². The number of hydrogen-bond donors (Lipinski definition) is 2. The van der Waals surface area contributed by atoms with Gasteiger partial charge in [-0.2, -0.15) is 0 Å². The molecule has 0 radical (unpaired) electrons. The minimum absolute atomic E-state index is 0.196. The van der Waals surface area contributed by atoms with Crippen LogP contribution in [0.2, 0.25) is 0 Å². The van der Waals surface area contributed by atoms with Crippen LogP contribution in [0.4, 0.5) is 5.69 Å². The third-order valence-corrected chi connectivity index (χ3v) is 5.31. The van der Waals surface area contributed by atoms with Crippen LogP contribution in [0.25, 0.3) is 0 Å². The SMILES string of the molecule is Cc1ccc2c(c1)C(NC(=O)c1ccc(C)c(NS(C)(=O)=O)c1)CC(C)(C)O2. The standard InChI is InChI=1S/C21H26N2O4S/c1-13-6-9-19-16(10-13)18(12-21(3,4)27-19)22-20(24)15-8-7-14(2)17(11-15)23-28(5,25)26/h6-11,18,23H,12H2,1-5H3,(H,22,24). The lowest BCUT2D eigenvalue weighted by Gasteiger charge is -2.38. The predicted octanol–water partition coefficient (Wildman–Crippen LogP) is 3.71. The number of benzene rings is 2. The Morgan fingerprint density at radius 1 is 1.14 bits per heavy atom. The topological polar surface area (TPSA) is 84.5 Å². The highest BCUT2D eigenvalue weighted by Crippen LogP contribution is 2.40. The number of aryl methyl sites for hydroxylation is 2. The minimum atomic E-state index is -3.43. The number of hydrogen-bond acceptors (Lipinski definition) is 4. The van der Waals surface area contributed by atoms with Crippen LogP contribution >= 0.6 is 0 Å². The second-order valence-electron chi connectivity index (χ2n) is 8.04. The maximum Gasteiger partial charge on any atom is 0.251 e. The molecule has 0 saturated carbocycles. The largest absolute Gasteiger partial charge is 0.487 e. The summed E-state index contributed by atoms with van der Waals surface area (Å²) in [5, 5.41) is 3.09. The maximum atomic E-state index is 12.9. The molecular formula is C21H26N2O4S. The lowest BCUT2D eigenvalue weighted by molar-refractivity contribution is 0.0619. The maximum absolute atomic E-state index is 12.9. The summed E-state index contributed by atoms with van der Waals surface area (Å²) in [5.41, 5.74) is 3.19. The van der Waals surface area contributed by atoms with E-state index in [2.05, 4.69) is 10.0 Å². The Morgan fingerprint density at radius 2 is 1.86 bits per heavy atom. The normalized spacial score (nSPS) is 18.0. The molecule has 7 heteroatoms. The van der Waals surface area contributed by atoms with E-state index in [1.165, 1.54) is 0 Å². The van der Waals surface area contributed by atoms with Gasteiger partial charge in [-0.05, 0) is 51.5 Å². The minimum Gasteiger partial charge on any atom is -0.487 e. The van der Waals surface area contributed by atoms with Crippen LogP contribution < -0.4 is 14.8 Å². The summed E-state index contributed by atoms with van der Waals surface area (Å²) in [6, 6.07) is 10.7. The first kappa shape index (κ1) is 20.2. The molecule has 0 aliphatic carbocycles. The summed E-state index contributed by atoms with van der Waals surface area (Å²) >= 11 is 0. The molecule has 150 valence electrons. The van der Waals surface area contributed by atoms with Crippen LogP contribution in [0.3, 0.4) is 0 Å². The van der Waals surface area contributed by atoms with Gasteiger partial charge in [-0.15, -0.1) is 0 Å². The molecule has 1 atom stereocenters. The van der Waals surface area contributed by atoms with Crippen molar-refractivity contribution in [2.45, 2.75) is 45.8 Å². The number of amides is 1. The number of carbonyl (C=O) groups excluding carboxylic acids is 1. The fraction of sp³-hybridized carbons (Fsp3) is 0.381. The zero-order valence-electron chi connectivity index (χ0n) is 16.8. The molecule has 2 N–H and O–H groups in total. The second kappa shape index (κ2) is 7.13. The molecule has 0 spiro atoms. The van der Waals surface area contributed by atoms with Gasteiger partial charge < -0.3 is 10.1 Å². The van der Waals surface area contributed by atoms with E-state index in [-0.39, 0.29) is 11.9 Å². The van der Waals surface area contributed by atoms with Gasteiger partial charge in [-0.3, -0.25) is 9.52 Å². The molecule has 1 aliphatic rings. The van der Waals surface area contributed by atoms with Crippen LogP contribution in [0.5, 0.6) is 5.75 Å². The van der Waals surface area contributed by atoms with E-state index in [1.807, 2.05) is 39.0 Å². The van der Waals surface area contributed by atoms with Gasteiger partial charge in [-0.1, -0.05) is 23.8 Å². The molecule has 0 saturated heterocycles. The van der Waals surface area contributed by atoms with Crippen molar-refractivity contribution in [2.75, 3.05) is 11.0 Å². The Labute approximate surface area is 166 Å². The highest BCUT2D eigenvalue weighted by molar-refractivity contribution is 7.92. The van der Waals surface area contributed by atoms with E-state index in [1.54, 1.807) is 25.1 Å². The lowest BCUT2D eigenvalue weighted by atomic mass is 9.88. The van der Waals surface area contributed by atoms with Gasteiger partial charge in [-0.25, -0.2) is 8.42 Å². The third kappa shape index (κ3) is 4.65. The van der Waals surface area contributed by atoms with Gasteiger partial charge in [0.2, 0.25) is 10.0 Å². The molecule has 28 heavy (non-hydrogen) atoms. The van der Waals surface area contributed by atoms with E-state index >= 15 is 0 Å². The molecule has 2 aromatic rings. The van der Waals surface area contributed by atoms with Crippen LogP contribution in [0.1, 0.15) is 53.4 Å². The van der Waals surface area contributed by atoms with Gasteiger partial charge in [0.05, 0.1) is 18.0 Å². The fourth-order valence-electron chi connectivity index (χ4n) is 3.42. The number of fused-ring (bicyclic) bond motifs is 1. The average molecular weight is 403 g/mol. The van der Waals surface area contributed by atoms with Gasteiger partial charge in [0, 0.05) is 17.5 Å². The van der Waals surface area contributed by atoms with E-state index in [0.29, 0.717) is 17.7 Å². The Hall–Kier alpha value is -2.54. The van der Waals surface area contributed by atoms with Gasteiger partial charge in [0.1, 0.15) is 11.4 Å². The number of rotatable bonds is 4. The first-order chi connectivity index (χ1) is 12.9. The molecule has 6 nitrogen and oxygen atoms in total. The Balaban J connectivity index is 1.89. The molecule has 1 heterocycles. The van der Waals surface area contributed by atoms with Gasteiger partial charge in [0.15, 0.2) is 0 Å². The number of anilines is 1. The summed E-state index contributed by atoms with van der Waals surface area (Å²) in [7, 11) is -3.43. The summed E-state index contributed by atoms with van der Waals surface area (Å²) in [6.07, 6.45) is 1.72. The molecule has 0 fully saturated rings. The van der Waals surface area contributed by atoms with Crippen molar-refractivity contribution >= 4 is 21.6 Å². The zero-order chi connectivity index (χ0) is 20.7.